The Labute approximate surface area is 360 Å². The highest BCUT2D eigenvalue weighted by Crippen LogP contribution is 2.41. The number of likely N-dealkylation sites (N-methyl/N-ethyl adjacent to an activating group) is 2. The molecule has 2 aromatic carbocycles. The van der Waals surface area contributed by atoms with E-state index in [9.17, 15) is 64.4 Å². The normalized spacial score (nSPS) is 17.3. The van der Waals surface area contributed by atoms with E-state index in [1.165, 1.54) is 71.8 Å². The second-order valence-electron chi connectivity index (χ2n) is 15.5. The van der Waals surface area contributed by atoms with Gasteiger partial charge in [0.2, 0.25) is 35.4 Å². The van der Waals surface area contributed by atoms with Gasteiger partial charge in [0.15, 0.2) is 0 Å². The molecule has 9 N–H and O–H groups in total. The van der Waals surface area contributed by atoms with Crippen molar-refractivity contribution in [3.8, 4) is 22.6 Å². The smallest absolute Gasteiger partial charge is 0.326 e. The third-order valence-electron chi connectivity index (χ3n) is 10.8. The van der Waals surface area contributed by atoms with Crippen molar-refractivity contribution >= 4 is 47.1 Å². The third-order valence-corrected chi connectivity index (χ3v) is 10.8. The average molecular weight is 871 g/mol. The monoisotopic (exact) mass is 870 g/mol. The van der Waals surface area contributed by atoms with Crippen LogP contribution in [0.15, 0.2) is 30.3 Å². The SMILES string of the molecule is CCCCCCCCCCCC(=O)N(C)[C@H](CO)C(=O)N[C@H](C)C(=O)NCC(=O)N(C)C1C(=O)N[C@@H](C)C(=O)NC(C(=O)O)Cc2cc(c([O-])c(N(O)O)c2)-c2cc1ccc2O. The first kappa shape index (κ1) is 50.4. The summed E-state index contributed by atoms with van der Waals surface area (Å²) in [4.78, 5) is 93.9. The number of fused-ring (bicyclic) bond motifs is 5. The summed E-state index contributed by atoms with van der Waals surface area (Å²) in [5, 5.41) is 72.9. The van der Waals surface area contributed by atoms with Crippen molar-refractivity contribution in [3.63, 3.8) is 0 Å². The summed E-state index contributed by atoms with van der Waals surface area (Å²) in [6.45, 7) is 3.32. The quantitative estimate of drug-likeness (QED) is 0.0668. The Morgan fingerprint density at radius 1 is 0.871 bits per heavy atom. The Morgan fingerprint density at radius 3 is 2.10 bits per heavy atom. The van der Waals surface area contributed by atoms with Gasteiger partial charge in [0.25, 0.3) is 0 Å². The van der Waals surface area contributed by atoms with Crippen molar-refractivity contribution in [2.75, 3.05) is 32.5 Å². The number of carbonyl (C=O) groups excluding carboxylic acids is 6. The molecule has 2 unspecified atom stereocenters. The topological polar surface area (TPSA) is 302 Å². The van der Waals surface area contributed by atoms with Crippen LogP contribution in [0.1, 0.15) is 102 Å². The molecule has 342 valence electrons. The van der Waals surface area contributed by atoms with E-state index in [0.29, 0.717) is 6.42 Å². The van der Waals surface area contributed by atoms with Crippen LogP contribution in [0.2, 0.25) is 0 Å². The van der Waals surface area contributed by atoms with Crippen LogP contribution in [0.25, 0.3) is 11.1 Å². The van der Waals surface area contributed by atoms with Gasteiger partial charge < -0.3 is 51.5 Å². The van der Waals surface area contributed by atoms with Crippen LogP contribution < -0.4 is 31.6 Å². The van der Waals surface area contributed by atoms with Crippen LogP contribution in [0, 0.1) is 0 Å². The number of carbonyl (C=O) groups is 7. The summed E-state index contributed by atoms with van der Waals surface area (Å²) in [6, 6.07) is -1.41. The largest absolute Gasteiger partial charge is 0.871 e. The first-order valence-electron chi connectivity index (χ1n) is 20.7. The van der Waals surface area contributed by atoms with Gasteiger partial charge in [0, 0.05) is 32.5 Å². The molecule has 0 aromatic heterocycles. The number of carboxylic acid groups (broad SMARTS) is 1. The standard InChI is InChI=1S/C42H61N7O13/c1-6-7-8-9-10-11-12-13-14-15-34(52)47(4)32(23-50)40(57)44-24(2)38(55)43-22-35(53)48(5)36-27-16-17-33(51)28(21-27)29-18-26(20-31(37(29)54)49(61)62)19-30(42(59)60)46-39(56)25(3)45-41(36)58/h16-18,20-21,24-25,30,32,36,50-51,54,61-62H,6-15,19,22-23H2,1-5H3,(H,43,55)(H,44,57)(H,45,58)(H,46,56)(H,59,60)/p-1/t24-,25+,30?,32-,36?/m1/s1. The van der Waals surface area contributed by atoms with Gasteiger partial charge in [0.1, 0.15) is 36.0 Å². The van der Waals surface area contributed by atoms with Crippen molar-refractivity contribution in [1.82, 2.24) is 31.1 Å². The van der Waals surface area contributed by atoms with Gasteiger partial charge in [-0.25, -0.2) is 4.79 Å². The highest BCUT2D eigenvalue weighted by Gasteiger charge is 2.34. The van der Waals surface area contributed by atoms with Crippen LogP contribution in [0.5, 0.6) is 11.5 Å². The number of aliphatic hydroxyl groups excluding tert-OH is 1. The predicted octanol–water partition coefficient (Wildman–Crippen LogP) is 1.21. The van der Waals surface area contributed by atoms with E-state index in [-0.39, 0.29) is 34.6 Å². The van der Waals surface area contributed by atoms with Gasteiger partial charge in [-0.05, 0) is 55.2 Å². The number of benzene rings is 2. The van der Waals surface area contributed by atoms with Crippen LogP contribution >= 0.6 is 0 Å². The molecule has 0 aliphatic carbocycles. The molecule has 0 spiro atoms. The number of nitrogens with one attached hydrogen (secondary N) is 4. The minimum absolute atomic E-state index is 0.00564. The van der Waals surface area contributed by atoms with E-state index in [1.54, 1.807) is 0 Å². The first-order chi connectivity index (χ1) is 29.3. The number of hydrogen-bond acceptors (Lipinski definition) is 13. The Kier molecular flexibility index (Phi) is 19.4. The van der Waals surface area contributed by atoms with Crippen molar-refractivity contribution in [3.05, 3.63) is 41.5 Å². The number of nitrogens with zero attached hydrogens (tertiary/aromatic N) is 3. The molecule has 0 radical (unpaired) electrons. The fourth-order valence-electron chi connectivity index (χ4n) is 7.00. The number of unbranched alkanes of at least 4 members (excludes halogenated alkanes) is 8. The molecule has 5 atom stereocenters. The Morgan fingerprint density at radius 2 is 1.50 bits per heavy atom. The van der Waals surface area contributed by atoms with Gasteiger partial charge >= 0.3 is 5.97 Å². The van der Waals surface area contributed by atoms with Crippen LogP contribution in [-0.4, -0.2) is 128 Å². The Balaban J connectivity index is 1.77. The van der Waals surface area contributed by atoms with E-state index < -0.39 is 108 Å². The molecule has 62 heavy (non-hydrogen) atoms. The third kappa shape index (κ3) is 13.8. The molecular formula is C42H60N7O13-. The second kappa shape index (κ2) is 23.9. The number of amides is 6. The van der Waals surface area contributed by atoms with Crippen molar-refractivity contribution in [2.45, 2.75) is 122 Å². The summed E-state index contributed by atoms with van der Waals surface area (Å²) in [5.41, 5.74) is -1.27. The van der Waals surface area contributed by atoms with E-state index >= 15 is 0 Å². The molecule has 4 bridgehead atoms. The zero-order chi connectivity index (χ0) is 46.3. The van der Waals surface area contributed by atoms with E-state index in [0.717, 1.165) is 47.6 Å². The zero-order valence-corrected chi connectivity index (χ0v) is 35.8. The number of anilines is 1. The lowest BCUT2D eigenvalue weighted by Crippen LogP contribution is -2.55. The van der Waals surface area contributed by atoms with E-state index in [2.05, 4.69) is 28.2 Å². The van der Waals surface area contributed by atoms with Gasteiger partial charge in [-0.2, -0.15) is 0 Å². The van der Waals surface area contributed by atoms with Crippen molar-refractivity contribution in [1.29, 1.82) is 0 Å². The predicted molar refractivity (Wildman–Crippen MR) is 222 cm³/mol. The number of aliphatic hydroxyl groups is 1. The lowest BCUT2D eigenvalue weighted by Gasteiger charge is -2.31. The maximum atomic E-state index is 13.9. The minimum Gasteiger partial charge on any atom is -0.871 e. The summed E-state index contributed by atoms with van der Waals surface area (Å²) in [7, 11) is 2.59. The van der Waals surface area contributed by atoms with Crippen LogP contribution in [-0.2, 0) is 40.0 Å². The molecule has 3 rings (SSSR count). The van der Waals surface area contributed by atoms with Crippen LogP contribution in [0.3, 0.4) is 0 Å². The number of phenolic OH excluding ortho intramolecular Hbond substituents is 1. The highest BCUT2D eigenvalue weighted by atomic mass is 16.8. The lowest BCUT2D eigenvalue weighted by atomic mass is 9.93. The molecule has 1 aliphatic heterocycles. The van der Waals surface area contributed by atoms with Gasteiger partial charge in [0.05, 0.1) is 18.8 Å². The molecule has 0 saturated heterocycles. The summed E-state index contributed by atoms with van der Waals surface area (Å²) >= 11 is 0. The molecular weight excluding hydrogens is 810 g/mol. The van der Waals surface area contributed by atoms with Crippen molar-refractivity contribution < 1.29 is 64.4 Å². The number of hydrogen-bond donors (Lipinski definition) is 9. The molecule has 6 amide bonds. The number of phenols is 1. The van der Waals surface area contributed by atoms with Crippen molar-refractivity contribution in [2.24, 2.45) is 0 Å². The van der Waals surface area contributed by atoms with Crippen LogP contribution in [0.4, 0.5) is 5.69 Å². The Bertz CT molecular complexity index is 1930. The Hall–Kier alpha value is -5.99. The molecule has 0 saturated carbocycles. The average Bonchev–Trinajstić information content (AvgIpc) is 3.22. The zero-order valence-electron chi connectivity index (χ0n) is 35.8. The number of aliphatic carboxylic acids is 1. The molecule has 2 aromatic rings. The number of rotatable bonds is 20. The maximum Gasteiger partial charge on any atom is 0.326 e. The number of carboxylic acids is 1. The molecule has 1 heterocycles. The minimum atomic E-state index is -1.63. The molecule has 20 heteroatoms. The molecule has 1 aliphatic rings. The first-order valence-corrected chi connectivity index (χ1v) is 20.7. The van der Waals surface area contributed by atoms with E-state index in [1.807, 2.05) is 0 Å². The summed E-state index contributed by atoms with van der Waals surface area (Å²) < 4.78 is 0. The lowest BCUT2D eigenvalue weighted by molar-refractivity contribution is -0.267. The highest BCUT2D eigenvalue weighted by molar-refractivity contribution is 5.96. The fraction of sp³-hybridized carbons (Fsp3) is 0.548. The second-order valence-corrected chi connectivity index (χ2v) is 15.5. The molecule has 20 nitrogen and oxygen atoms in total. The van der Waals surface area contributed by atoms with Gasteiger partial charge in [-0.1, -0.05) is 76.2 Å². The van der Waals surface area contributed by atoms with Gasteiger partial charge in [-0.15, -0.1) is 5.23 Å². The fourth-order valence-corrected chi connectivity index (χ4v) is 7.00. The maximum absolute atomic E-state index is 13.9. The van der Waals surface area contributed by atoms with Gasteiger partial charge in [-0.3, -0.25) is 39.2 Å². The summed E-state index contributed by atoms with van der Waals surface area (Å²) in [5.74, 6) is -7.77. The summed E-state index contributed by atoms with van der Waals surface area (Å²) in [6.07, 6.45) is 9.26. The number of aromatic hydroxyl groups is 1. The molecule has 0 fully saturated rings. The van der Waals surface area contributed by atoms with E-state index in [4.69, 9.17) is 0 Å².